The summed E-state index contributed by atoms with van der Waals surface area (Å²) in [7, 11) is 0. The smallest absolute Gasteiger partial charge is 0.216 e. The second-order valence-corrected chi connectivity index (χ2v) is 6.77. The molecule has 0 aliphatic carbocycles. The standard InChI is InChI=1S/C20H24FNO4/c1-15(23)13-19(24)20(25,17-7-9-18(21)10-8-17)22(11-12-26-19)14-16-5-3-2-4-6-16/h2-10,15,23-25H,11-14H2,1H3/t15?,19-,20+/m1/s1. The number of hydrogen-bond acceptors (Lipinski definition) is 5. The Bertz CT molecular complexity index is 724. The zero-order chi connectivity index (χ0) is 18.8. The summed E-state index contributed by atoms with van der Waals surface area (Å²) in [5.74, 6) is -2.48. The Morgan fingerprint density at radius 2 is 1.77 bits per heavy atom. The lowest BCUT2D eigenvalue weighted by Crippen LogP contribution is -2.67. The van der Waals surface area contributed by atoms with Crippen molar-refractivity contribution in [2.75, 3.05) is 13.2 Å². The van der Waals surface area contributed by atoms with Crippen molar-refractivity contribution in [2.45, 2.75) is 37.5 Å². The first-order valence-corrected chi connectivity index (χ1v) is 8.67. The molecule has 1 fully saturated rings. The van der Waals surface area contributed by atoms with Crippen LogP contribution in [-0.2, 0) is 17.0 Å². The largest absolute Gasteiger partial charge is 0.393 e. The molecule has 1 heterocycles. The van der Waals surface area contributed by atoms with Crippen LogP contribution in [0.5, 0.6) is 0 Å². The van der Waals surface area contributed by atoms with Crippen molar-refractivity contribution in [2.24, 2.45) is 0 Å². The van der Waals surface area contributed by atoms with Gasteiger partial charge in [-0.1, -0.05) is 42.5 Å². The van der Waals surface area contributed by atoms with E-state index in [0.29, 0.717) is 18.7 Å². The molecule has 0 aromatic heterocycles. The molecule has 2 aromatic rings. The third-order valence-electron chi connectivity index (χ3n) is 4.74. The van der Waals surface area contributed by atoms with E-state index in [1.807, 2.05) is 30.3 Å². The van der Waals surface area contributed by atoms with Crippen LogP contribution in [0.2, 0.25) is 0 Å². The SMILES string of the molecule is CC(O)C[C@@]1(O)OCCN(Cc2ccccc2)[C@]1(O)c1ccc(F)cc1. The molecule has 1 aliphatic heterocycles. The van der Waals surface area contributed by atoms with E-state index in [0.717, 1.165) is 5.56 Å². The van der Waals surface area contributed by atoms with Gasteiger partial charge in [-0.3, -0.25) is 4.90 Å². The Labute approximate surface area is 152 Å². The average molecular weight is 361 g/mol. The second-order valence-electron chi connectivity index (χ2n) is 6.77. The van der Waals surface area contributed by atoms with Gasteiger partial charge in [0.2, 0.25) is 5.79 Å². The summed E-state index contributed by atoms with van der Waals surface area (Å²) in [6.45, 7) is 2.44. The van der Waals surface area contributed by atoms with Gasteiger partial charge in [-0.2, -0.15) is 0 Å². The van der Waals surface area contributed by atoms with Gasteiger partial charge in [-0.25, -0.2) is 4.39 Å². The highest BCUT2D eigenvalue weighted by Crippen LogP contribution is 2.43. The lowest BCUT2D eigenvalue weighted by molar-refractivity contribution is -0.386. The number of ether oxygens (including phenoxy) is 1. The molecule has 3 atom stereocenters. The summed E-state index contributed by atoms with van der Waals surface area (Å²) in [5.41, 5.74) is -0.682. The van der Waals surface area contributed by atoms with Crippen molar-refractivity contribution in [1.82, 2.24) is 4.90 Å². The zero-order valence-electron chi connectivity index (χ0n) is 14.7. The van der Waals surface area contributed by atoms with Crippen LogP contribution < -0.4 is 0 Å². The van der Waals surface area contributed by atoms with E-state index >= 15 is 0 Å². The first kappa shape index (κ1) is 18.9. The fourth-order valence-electron chi connectivity index (χ4n) is 3.52. The summed E-state index contributed by atoms with van der Waals surface area (Å²) in [6.07, 6.45) is -1.09. The van der Waals surface area contributed by atoms with Crippen LogP contribution in [0.3, 0.4) is 0 Å². The summed E-state index contributed by atoms with van der Waals surface area (Å²) in [6, 6.07) is 14.9. The van der Waals surface area contributed by atoms with Crippen LogP contribution in [-0.4, -0.2) is 45.3 Å². The molecule has 1 unspecified atom stereocenters. The molecular formula is C20H24FNO4. The Kier molecular flexibility index (Phi) is 5.41. The fraction of sp³-hybridized carbons (Fsp3) is 0.400. The van der Waals surface area contributed by atoms with Gasteiger partial charge >= 0.3 is 0 Å². The molecule has 0 radical (unpaired) electrons. The maximum atomic E-state index is 13.4. The van der Waals surface area contributed by atoms with E-state index in [1.165, 1.54) is 31.2 Å². The van der Waals surface area contributed by atoms with Gasteiger partial charge in [-0.05, 0) is 24.6 Å². The molecule has 1 aliphatic rings. The Balaban J connectivity index is 2.05. The molecule has 2 aromatic carbocycles. The number of aliphatic hydroxyl groups excluding tert-OH is 1. The van der Waals surface area contributed by atoms with Gasteiger partial charge in [0.1, 0.15) is 5.82 Å². The van der Waals surface area contributed by atoms with E-state index in [1.54, 1.807) is 4.90 Å². The Morgan fingerprint density at radius 3 is 2.38 bits per heavy atom. The maximum Gasteiger partial charge on any atom is 0.216 e. The number of halogens is 1. The topological polar surface area (TPSA) is 73.2 Å². The lowest BCUT2D eigenvalue weighted by Gasteiger charge is -2.53. The van der Waals surface area contributed by atoms with Crippen molar-refractivity contribution in [3.63, 3.8) is 0 Å². The lowest BCUT2D eigenvalue weighted by atomic mass is 9.86. The first-order valence-electron chi connectivity index (χ1n) is 8.67. The number of morpholine rings is 1. The van der Waals surface area contributed by atoms with Crippen molar-refractivity contribution in [3.8, 4) is 0 Å². The Morgan fingerprint density at radius 1 is 1.12 bits per heavy atom. The molecule has 3 N–H and O–H groups in total. The van der Waals surface area contributed by atoms with Crippen molar-refractivity contribution in [1.29, 1.82) is 0 Å². The van der Waals surface area contributed by atoms with Crippen molar-refractivity contribution >= 4 is 0 Å². The van der Waals surface area contributed by atoms with Gasteiger partial charge in [0.05, 0.1) is 12.7 Å². The highest BCUT2D eigenvalue weighted by atomic mass is 19.1. The number of nitrogens with zero attached hydrogens (tertiary/aromatic N) is 1. The van der Waals surface area contributed by atoms with Gasteiger partial charge < -0.3 is 20.1 Å². The van der Waals surface area contributed by atoms with E-state index < -0.39 is 23.4 Å². The molecule has 0 saturated carbocycles. The molecular weight excluding hydrogens is 337 g/mol. The minimum absolute atomic E-state index is 0.188. The minimum Gasteiger partial charge on any atom is -0.393 e. The van der Waals surface area contributed by atoms with Gasteiger partial charge in [-0.15, -0.1) is 0 Å². The predicted octanol–water partition coefficient (Wildman–Crippen LogP) is 1.96. The zero-order valence-corrected chi connectivity index (χ0v) is 14.7. The normalized spacial score (nSPS) is 28.0. The molecule has 5 nitrogen and oxygen atoms in total. The van der Waals surface area contributed by atoms with Gasteiger partial charge in [0.25, 0.3) is 0 Å². The van der Waals surface area contributed by atoms with E-state index in [4.69, 9.17) is 4.74 Å². The molecule has 1 saturated heterocycles. The van der Waals surface area contributed by atoms with Gasteiger partial charge in [0, 0.05) is 25.1 Å². The molecule has 6 heteroatoms. The third-order valence-corrected chi connectivity index (χ3v) is 4.74. The summed E-state index contributed by atoms with van der Waals surface area (Å²) < 4.78 is 19.0. The van der Waals surface area contributed by atoms with Crippen LogP contribution in [0.1, 0.15) is 24.5 Å². The third kappa shape index (κ3) is 3.51. The van der Waals surface area contributed by atoms with Crippen molar-refractivity contribution in [3.05, 3.63) is 71.5 Å². The second kappa shape index (κ2) is 7.42. The van der Waals surface area contributed by atoms with E-state index in [-0.39, 0.29) is 13.0 Å². The predicted molar refractivity (Wildman–Crippen MR) is 94.3 cm³/mol. The molecule has 0 spiro atoms. The van der Waals surface area contributed by atoms with E-state index in [9.17, 15) is 19.7 Å². The number of aliphatic hydroxyl groups is 3. The quantitative estimate of drug-likeness (QED) is 0.759. The first-order chi connectivity index (χ1) is 12.3. The molecule has 0 bridgehead atoms. The van der Waals surface area contributed by atoms with Crippen LogP contribution in [0.15, 0.2) is 54.6 Å². The fourth-order valence-corrected chi connectivity index (χ4v) is 3.52. The van der Waals surface area contributed by atoms with Crippen LogP contribution >= 0.6 is 0 Å². The average Bonchev–Trinajstić information content (AvgIpc) is 2.60. The van der Waals surface area contributed by atoms with Gasteiger partial charge in [0.15, 0.2) is 5.72 Å². The minimum atomic E-state index is -2.04. The van der Waals surface area contributed by atoms with Crippen molar-refractivity contribution < 1.29 is 24.4 Å². The van der Waals surface area contributed by atoms with E-state index in [2.05, 4.69) is 0 Å². The highest BCUT2D eigenvalue weighted by molar-refractivity contribution is 5.27. The summed E-state index contributed by atoms with van der Waals surface area (Å²) in [4.78, 5) is 1.70. The molecule has 140 valence electrons. The number of hydrogen-bond donors (Lipinski definition) is 3. The highest BCUT2D eigenvalue weighted by Gasteiger charge is 2.58. The monoisotopic (exact) mass is 361 g/mol. The number of benzene rings is 2. The summed E-state index contributed by atoms with van der Waals surface area (Å²) in [5, 5.41) is 32.6. The Hall–Kier alpha value is -1.83. The number of rotatable bonds is 5. The molecule has 3 rings (SSSR count). The van der Waals surface area contributed by atoms with Crippen LogP contribution in [0.4, 0.5) is 4.39 Å². The molecule has 0 amide bonds. The van der Waals surface area contributed by atoms with Crippen LogP contribution in [0.25, 0.3) is 0 Å². The maximum absolute atomic E-state index is 13.4. The van der Waals surface area contributed by atoms with Crippen LogP contribution in [0, 0.1) is 5.82 Å². The molecule has 26 heavy (non-hydrogen) atoms. The summed E-state index contributed by atoms with van der Waals surface area (Å²) >= 11 is 0.